The minimum atomic E-state index is -0.681. The number of carboxylic acid groups (broad SMARTS) is 1. The number of carboxylic acids is 1. The largest absolute Gasteiger partial charge is 0.508 e. The first-order valence-corrected chi connectivity index (χ1v) is 7.79. The Morgan fingerprint density at radius 1 is 1.38 bits per heavy atom. The van der Waals surface area contributed by atoms with E-state index in [1.165, 1.54) is 0 Å². The van der Waals surface area contributed by atoms with Gasteiger partial charge in [-0.2, -0.15) is 0 Å². The van der Waals surface area contributed by atoms with Crippen molar-refractivity contribution in [1.29, 1.82) is 0 Å². The number of carbonyl (C=O) groups is 1. The number of benzene rings is 1. The second-order valence-electron chi connectivity index (χ2n) is 6.04. The molecule has 21 heavy (non-hydrogen) atoms. The highest BCUT2D eigenvalue weighted by Gasteiger charge is 2.45. The third kappa shape index (κ3) is 3.05. The monoisotopic (exact) mass is 291 g/mol. The molecule has 2 rings (SSSR count). The van der Waals surface area contributed by atoms with E-state index in [0.717, 1.165) is 31.4 Å². The normalized spacial score (nSPS) is 24.1. The third-order valence-corrected chi connectivity index (χ3v) is 4.69. The Bertz CT molecular complexity index is 503. The van der Waals surface area contributed by atoms with E-state index in [2.05, 4.69) is 11.8 Å². The van der Waals surface area contributed by atoms with Gasteiger partial charge in [0.2, 0.25) is 0 Å². The van der Waals surface area contributed by atoms with Gasteiger partial charge in [-0.3, -0.25) is 9.69 Å². The van der Waals surface area contributed by atoms with Crippen molar-refractivity contribution in [3.8, 4) is 5.75 Å². The second-order valence-corrected chi connectivity index (χ2v) is 6.04. The van der Waals surface area contributed by atoms with Crippen molar-refractivity contribution >= 4 is 5.97 Å². The summed E-state index contributed by atoms with van der Waals surface area (Å²) in [7, 11) is 0. The molecular formula is C17H25NO3. The average Bonchev–Trinajstić information content (AvgIpc) is 2.88. The van der Waals surface area contributed by atoms with Crippen LogP contribution in [-0.2, 0) is 4.79 Å². The number of phenolic OH excluding ortho intramolecular Hbond substituents is 1. The summed E-state index contributed by atoms with van der Waals surface area (Å²) in [6.07, 6.45) is 3.16. The predicted octanol–water partition coefficient (Wildman–Crippen LogP) is 3.42. The van der Waals surface area contributed by atoms with E-state index < -0.39 is 11.4 Å². The fourth-order valence-electron chi connectivity index (χ4n) is 3.58. The quantitative estimate of drug-likeness (QED) is 0.843. The molecule has 0 bridgehead atoms. The molecule has 4 nitrogen and oxygen atoms in total. The van der Waals surface area contributed by atoms with Crippen LogP contribution in [-0.4, -0.2) is 34.2 Å². The lowest BCUT2D eigenvalue weighted by molar-refractivity contribution is -0.148. The van der Waals surface area contributed by atoms with Gasteiger partial charge in [-0.15, -0.1) is 0 Å². The summed E-state index contributed by atoms with van der Waals surface area (Å²) in [6.45, 7) is 5.47. The zero-order valence-corrected chi connectivity index (χ0v) is 12.9. The number of hydrogen-bond donors (Lipinski definition) is 2. The van der Waals surface area contributed by atoms with E-state index in [4.69, 9.17) is 0 Å². The van der Waals surface area contributed by atoms with Crippen molar-refractivity contribution < 1.29 is 15.0 Å². The van der Waals surface area contributed by atoms with Crippen molar-refractivity contribution in [2.24, 2.45) is 5.41 Å². The number of hydrogen-bond acceptors (Lipinski definition) is 3. The maximum Gasteiger partial charge on any atom is 0.310 e. The molecule has 1 aromatic rings. The van der Waals surface area contributed by atoms with Gasteiger partial charge in [0, 0.05) is 18.2 Å². The van der Waals surface area contributed by atoms with Crippen LogP contribution in [0.2, 0.25) is 0 Å². The molecule has 0 radical (unpaired) electrons. The maximum absolute atomic E-state index is 11.7. The number of para-hydroxylation sites is 1. The number of aromatic hydroxyl groups is 1. The first-order chi connectivity index (χ1) is 10.0. The number of rotatable bonds is 6. The Labute approximate surface area is 126 Å². The zero-order chi connectivity index (χ0) is 15.5. The van der Waals surface area contributed by atoms with E-state index in [-0.39, 0.29) is 6.04 Å². The van der Waals surface area contributed by atoms with E-state index in [1.54, 1.807) is 6.07 Å². The van der Waals surface area contributed by atoms with Gasteiger partial charge in [-0.1, -0.05) is 38.5 Å². The van der Waals surface area contributed by atoms with E-state index in [9.17, 15) is 15.0 Å². The summed E-state index contributed by atoms with van der Waals surface area (Å²) in [5.41, 5.74) is 0.282. The Balaban J connectivity index is 2.22. The summed E-state index contributed by atoms with van der Waals surface area (Å²) in [5, 5.41) is 19.7. The summed E-state index contributed by atoms with van der Waals surface area (Å²) in [6, 6.07) is 7.46. The molecule has 1 fully saturated rings. The summed E-state index contributed by atoms with van der Waals surface area (Å²) >= 11 is 0. The molecule has 0 saturated carbocycles. The minimum Gasteiger partial charge on any atom is -0.508 e. The van der Waals surface area contributed by atoms with Gasteiger partial charge in [-0.25, -0.2) is 0 Å². The van der Waals surface area contributed by atoms with Crippen LogP contribution in [0.15, 0.2) is 24.3 Å². The highest BCUT2D eigenvalue weighted by molar-refractivity contribution is 5.75. The van der Waals surface area contributed by atoms with Crippen LogP contribution in [0.5, 0.6) is 5.75 Å². The van der Waals surface area contributed by atoms with Crippen molar-refractivity contribution in [1.82, 2.24) is 4.90 Å². The smallest absolute Gasteiger partial charge is 0.310 e. The Hall–Kier alpha value is -1.55. The fourth-order valence-corrected chi connectivity index (χ4v) is 3.58. The van der Waals surface area contributed by atoms with Crippen LogP contribution in [0, 0.1) is 5.41 Å². The summed E-state index contributed by atoms with van der Waals surface area (Å²) < 4.78 is 0. The molecular weight excluding hydrogens is 266 g/mol. The molecule has 0 aromatic heterocycles. The standard InChI is InChI=1S/C17H25NO3/c1-3-9-17(16(20)21)10-11-18(12-17)14(4-2)13-7-5-6-8-15(13)19/h5-8,14,19H,3-4,9-12H2,1-2H3,(H,20,21). The maximum atomic E-state index is 11.7. The summed E-state index contributed by atoms with van der Waals surface area (Å²) in [4.78, 5) is 13.9. The molecule has 2 unspecified atom stereocenters. The molecule has 4 heteroatoms. The lowest BCUT2D eigenvalue weighted by atomic mass is 9.82. The molecule has 0 amide bonds. The Morgan fingerprint density at radius 2 is 2.10 bits per heavy atom. The van der Waals surface area contributed by atoms with E-state index in [0.29, 0.717) is 18.7 Å². The van der Waals surface area contributed by atoms with E-state index >= 15 is 0 Å². The molecule has 116 valence electrons. The van der Waals surface area contributed by atoms with Crippen molar-refractivity contribution in [3.63, 3.8) is 0 Å². The number of aliphatic carboxylic acids is 1. The SMILES string of the molecule is CCCC1(C(=O)O)CCN(C(CC)c2ccccc2O)C1. The molecule has 2 N–H and O–H groups in total. The van der Waals surface area contributed by atoms with Crippen LogP contribution < -0.4 is 0 Å². The molecule has 0 aliphatic carbocycles. The molecule has 2 atom stereocenters. The summed E-state index contributed by atoms with van der Waals surface area (Å²) in [5.74, 6) is -0.383. The van der Waals surface area contributed by atoms with Gasteiger partial charge in [0.15, 0.2) is 0 Å². The van der Waals surface area contributed by atoms with Gasteiger partial charge >= 0.3 is 5.97 Å². The number of phenols is 1. The lowest BCUT2D eigenvalue weighted by Gasteiger charge is -2.30. The topological polar surface area (TPSA) is 60.8 Å². The number of likely N-dealkylation sites (tertiary alicyclic amines) is 1. The first-order valence-electron chi connectivity index (χ1n) is 7.79. The van der Waals surface area contributed by atoms with Gasteiger partial charge in [0.1, 0.15) is 5.75 Å². The highest BCUT2D eigenvalue weighted by atomic mass is 16.4. The molecule has 0 spiro atoms. The van der Waals surface area contributed by atoms with E-state index in [1.807, 2.05) is 25.1 Å². The van der Waals surface area contributed by atoms with Gasteiger partial charge in [-0.05, 0) is 31.9 Å². The Kier molecular flexibility index (Phi) is 4.88. The average molecular weight is 291 g/mol. The molecule has 1 aliphatic heterocycles. The van der Waals surface area contributed by atoms with Gasteiger partial charge in [0.05, 0.1) is 5.41 Å². The minimum absolute atomic E-state index is 0.0873. The molecule has 1 aromatic carbocycles. The van der Waals surface area contributed by atoms with Crippen molar-refractivity contribution in [3.05, 3.63) is 29.8 Å². The van der Waals surface area contributed by atoms with Gasteiger partial charge < -0.3 is 10.2 Å². The lowest BCUT2D eigenvalue weighted by Crippen LogP contribution is -2.35. The molecule has 1 aliphatic rings. The van der Waals surface area contributed by atoms with Crippen LogP contribution in [0.1, 0.15) is 51.1 Å². The molecule has 1 saturated heterocycles. The first kappa shape index (κ1) is 15.8. The Morgan fingerprint density at radius 3 is 2.67 bits per heavy atom. The predicted molar refractivity (Wildman–Crippen MR) is 82.3 cm³/mol. The van der Waals surface area contributed by atoms with Crippen LogP contribution >= 0.6 is 0 Å². The van der Waals surface area contributed by atoms with Gasteiger partial charge in [0.25, 0.3) is 0 Å². The van der Waals surface area contributed by atoms with Crippen LogP contribution in [0.25, 0.3) is 0 Å². The van der Waals surface area contributed by atoms with Crippen LogP contribution in [0.4, 0.5) is 0 Å². The van der Waals surface area contributed by atoms with Crippen LogP contribution in [0.3, 0.4) is 0 Å². The second kappa shape index (κ2) is 6.48. The molecule has 1 heterocycles. The van der Waals surface area contributed by atoms with Crippen molar-refractivity contribution in [2.75, 3.05) is 13.1 Å². The zero-order valence-electron chi connectivity index (χ0n) is 12.9. The fraction of sp³-hybridized carbons (Fsp3) is 0.588. The highest BCUT2D eigenvalue weighted by Crippen LogP contribution is 2.41. The van der Waals surface area contributed by atoms with Crippen molar-refractivity contribution in [2.45, 2.75) is 45.6 Å². The third-order valence-electron chi connectivity index (χ3n) is 4.69. The number of nitrogens with zero attached hydrogens (tertiary/aromatic N) is 1.